The first-order valence-corrected chi connectivity index (χ1v) is 7.59. The summed E-state index contributed by atoms with van der Waals surface area (Å²) in [5.41, 5.74) is 3.36. The highest BCUT2D eigenvalue weighted by molar-refractivity contribution is 6.06. The number of para-hydroxylation sites is 1. The van der Waals surface area contributed by atoms with E-state index >= 15 is 0 Å². The van der Waals surface area contributed by atoms with Crippen LogP contribution in [0.25, 0.3) is 10.9 Å². The van der Waals surface area contributed by atoms with E-state index in [9.17, 15) is 4.79 Å². The molecule has 1 aliphatic heterocycles. The average molecular weight is 268 g/mol. The van der Waals surface area contributed by atoms with Gasteiger partial charge < -0.3 is 9.88 Å². The van der Waals surface area contributed by atoms with E-state index in [0.29, 0.717) is 17.7 Å². The Balaban J connectivity index is 2.07. The summed E-state index contributed by atoms with van der Waals surface area (Å²) in [6, 6.07) is 8.74. The van der Waals surface area contributed by atoms with Gasteiger partial charge in [0.15, 0.2) is 5.78 Å². The van der Waals surface area contributed by atoms with Gasteiger partial charge in [0.1, 0.15) is 0 Å². The van der Waals surface area contributed by atoms with Crippen molar-refractivity contribution in [3.63, 3.8) is 0 Å². The normalized spacial score (nSPS) is 28.7. The molecule has 2 aliphatic rings. The molecule has 1 saturated heterocycles. The monoisotopic (exact) mass is 268 g/mol. The Kier molecular flexibility index (Phi) is 2.55. The molecule has 3 heteroatoms. The molecule has 1 aliphatic carbocycles. The number of ketones is 1. The van der Waals surface area contributed by atoms with Crippen LogP contribution in [0.15, 0.2) is 24.3 Å². The zero-order chi connectivity index (χ0) is 13.9. The van der Waals surface area contributed by atoms with E-state index in [1.54, 1.807) is 0 Å². The van der Waals surface area contributed by atoms with Gasteiger partial charge in [0.05, 0.1) is 5.69 Å². The molecule has 0 radical (unpaired) electrons. The van der Waals surface area contributed by atoms with Gasteiger partial charge in [-0.05, 0) is 24.9 Å². The summed E-state index contributed by atoms with van der Waals surface area (Å²) in [7, 11) is 2.03. The van der Waals surface area contributed by atoms with E-state index in [-0.39, 0.29) is 5.92 Å². The molecule has 2 heterocycles. The molecule has 4 rings (SSSR count). The van der Waals surface area contributed by atoms with Crippen LogP contribution in [0, 0.1) is 11.8 Å². The molecule has 3 nitrogen and oxygen atoms in total. The minimum Gasteiger partial charge on any atom is -0.341 e. The van der Waals surface area contributed by atoms with Crippen molar-refractivity contribution >= 4 is 16.7 Å². The van der Waals surface area contributed by atoms with Crippen LogP contribution in [-0.4, -0.2) is 16.9 Å². The highest BCUT2D eigenvalue weighted by atomic mass is 16.1. The summed E-state index contributed by atoms with van der Waals surface area (Å²) in [6.45, 7) is 3.17. The number of rotatable bonds is 1. The first-order valence-electron chi connectivity index (χ1n) is 7.59. The van der Waals surface area contributed by atoms with Crippen molar-refractivity contribution in [2.24, 2.45) is 18.9 Å². The van der Waals surface area contributed by atoms with Crippen LogP contribution < -0.4 is 5.32 Å². The van der Waals surface area contributed by atoms with Gasteiger partial charge in [-0.3, -0.25) is 4.79 Å². The second-order valence-corrected chi connectivity index (χ2v) is 6.10. The lowest BCUT2D eigenvalue weighted by molar-refractivity contribution is 0.0732. The molecule has 0 spiro atoms. The highest BCUT2D eigenvalue weighted by Crippen LogP contribution is 2.47. The van der Waals surface area contributed by atoms with Crippen LogP contribution in [-0.2, 0) is 7.05 Å². The number of benzene rings is 1. The molecule has 3 atom stereocenters. The molecule has 1 N–H and O–H groups in total. The summed E-state index contributed by atoms with van der Waals surface area (Å²) in [4.78, 5) is 12.9. The maximum Gasteiger partial charge on any atom is 0.183 e. The first kappa shape index (κ1) is 12.2. The van der Waals surface area contributed by atoms with E-state index in [0.717, 1.165) is 25.1 Å². The molecule has 2 aromatic rings. The van der Waals surface area contributed by atoms with Gasteiger partial charge >= 0.3 is 0 Å². The van der Waals surface area contributed by atoms with Gasteiger partial charge in [0.2, 0.25) is 0 Å². The largest absolute Gasteiger partial charge is 0.341 e. The number of Topliss-reactive ketones (excluding diaryl/α,β-unsaturated/α-hetero) is 1. The number of fused-ring (bicyclic) bond motifs is 6. The number of carbonyl (C=O) groups excluding carboxylic acids is 1. The Morgan fingerprint density at radius 3 is 2.95 bits per heavy atom. The molecule has 104 valence electrons. The Morgan fingerprint density at radius 2 is 2.15 bits per heavy atom. The number of nitrogens with one attached hydrogen (secondary N) is 1. The lowest BCUT2D eigenvalue weighted by Crippen LogP contribution is -2.47. The standard InChI is InChI=1S/C17H20N2O/c1-3-10-11-8-9-18-15(10)14-12-6-4-5-7-13(12)19(2)16(14)17(11)20/h4-7,10-11,15,18H,3,8-9H2,1-2H3/t10?,11-,15+/m0/s1. The number of hydrogen-bond acceptors (Lipinski definition) is 2. The second-order valence-electron chi connectivity index (χ2n) is 6.10. The van der Waals surface area contributed by atoms with Gasteiger partial charge in [-0.1, -0.05) is 31.5 Å². The average Bonchev–Trinajstić information content (AvgIpc) is 2.78. The summed E-state index contributed by atoms with van der Waals surface area (Å²) >= 11 is 0. The van der Waals surface area contributed by atoms with Gasteiger partial charge in [-0.25, -0.2) is 0 Å². The van der Waals surface area contributed by atoms with Gasteiger partial charge in [-0.2, -0.15) is 0 Å². The molecular weight excluding hydrogens is 248 g/mol. The van der Waals surface area contributed by atoms with Crippen molar-refractivity contribution in [2.45, 2.75) is 25.8 Å². The molecule has 20 heavy (non-hydrogen) atoms. The Labute approximate surface area is 119 Å². The van der Waals surface area contributed by atoms with Crippen molar-refractivity contribution in [1.82, 2.24) is 9.88 Å². The molecule has 1 aromatic heterocycles. The molecule has 0 saturated carbocycles. The third kappa shape index (κ3) is 1.36. The fourth-order valence-electron chi connectivity index (χ4n) is 4.37. The minimum atomic E-state index is 0.210. The smallest absolute Gasteiger partial charge is 0.183 e. The molecular formula is C17H20N2O. The molecule has 1 fully saturated rings. The van der Waals surface area contributed by atoms with E-state index in [1.165, 1.54) is 16.5 Å². The van der Waals surface area contributed by atoms with Crippen LogP contribution in [0.5, 0.6) is 0 Å². The molecule has 0 amide bonds. The van der Waals surface area contributed by atoms with Crippen LogP contribution >= 0.6 is 0 Å². The molecule has 2 bridgehead atoms. The summed E-state index contributed by atoms with van der Waals surface area (Å²) < 4.78 is 2.10. The van der Waals surface area contributed by atoms with Gasteiger partial charge in [-0.15, -0.1) is 0 Å². The zero-order valence-electron chi connectivity index (χ0n) is 12.0. The van der Waals surface area contributed by atoms with Crippen molar-refractivity contribution < 1.29 is 4.79 Å². The number of hydrogen-bond donors (Lipinski definition) is 1. The van der Waals surface area contributed by atoms with Crippen molar-refractivity contribution in [3.05, 3.63) is 35.5 Å². The highest BCUT2D eigenvalue weighted by Gasteiger charge is 2.45. The van der Waals surface area contributed by atoms with Gasteiger partial charge in [0, 0.05) is 35.5 Å². The Bertz CT molecular complexity index is 700. The number of nitrogens with zero attached hydrogens (tertiary/aromatic N) is 1. The van der Waals surface area contributed by atoms with Crippen LogP contribution in [0.2, 0.25) is 0 Å². The number of carbonyl (C=O) groups is 1. The number of piperidine rings is 1. The van der Waals surface area contributed by atoms with E-state index in [4.69, 9.17) is 0 Å². The predicted molar refractivity (Wildman–Crippen MR) is 79.9 cm³/mol. The van der Waals surface area contributed by atoms with E-state index in [2.05, 4.69) is 41.1 Å². The van der Waals surface area contributed by atoms with Crippen LogP contribution in [0.3, 0.4) is 0 Å². The predicted octanol–water partition coefficient (Wildman–Crippen LogP) is 3.05. The molecule has 1 aromatic carbocycles. The van der Waals surface area contributed by atoms with E-state index < -0.39 is 0 Å². The summed E-state index contributed by atoms with van der Waals surface area (Å²) in [5, 5.41) is 4.91. The second kappa shape index (κ2) is 4.19. The van der Waals surface area contributed by atoms with Crippen LogP contribution in [0.4, 0.5) is 0 Å². The van der Waals surface area contributed by atoms with E-state index in [1.807, 2.05) is 7.05 Å². The lowest BCUT2D eigenvalue weighted by Gasteiger charge is -2.42. The SMILES string of the molecule is CCC1[C@@H]2CCN[C@H]1c1c(n(C)c3ccccc13)C2=O. The third-order valence-corrected chi connectivity index (χ3v) is 5.26. The zero-order valence-corrected chi connectivity index (χ0v) is 12.0. The number of aromatic nitrogens is 1. The minimum absolute atomic E-state index is 0.210. The van der Waals surface area contributed by atoms with Crippen molar-refractivity contribution in [2.75, 3.05) is 6.54 Å². The fraction of sp³-hybridized carbons (Fsp3) is 0.471. The molecule has 1 unspecified atom stereocenters. The first-order chi connectivity index (χ1) is 9.74. The van der Waals surface area contributed by atoms with Crippen LogP contribution in [0.1, 0.15) is 41.9 Å². The number of aryl methyl sites for hydroxylation is 1. The Morgan fingerprint density at radius 1 is 1.35 bits per heavy atom. The van der Waals surface area contributed by atoms with Crippen molar-refractivity contribution in [3.8, 4) is 0 Å². The van der Waals surface area contributed by atoms with Gasteiger partial charge in [0.25, 0.3) is 0 Å². The topological polar surface area (TPSA) is 34.0 Å². The third-order valence-electron chi connectivity index (χ3n) is 5.26. The summed E-state index contributed by atoms with van der Waals surface area (Å²) in [5.74, 6) is 1.03. The lowest BCUT2D eigenvalue weighted by atomic mass is 9.69. The Hall–Kier alpha value is -1.61. The summed E-state index contributed by atoms with van der Waals surface area (Å²) in [6.07, 6.45) is 2.05. The fourth-order valence-corrected chi connectivity index (χ4v) is 4.37. The quantitative estimate of drug-likeness (QED) is 0.862. The maximum atomic E-state index is 12.9. The van der Waals surface area contributed by atoms with Crippen molar-refractivity contribution in [1.29, 1.82) is 0 Å². The maximum absolute atomic E-state index is 12.9.